The van der Waals surface area contributed by atoms with Gasteiger partial charge in [0.1, 0.15) is 0 Å². The van der Waals surface area contributed by atoms with Gasteiger partial charge in [0.2, 0.25) is 0 Å². The molecule has 0 saturated carbocycles. The summed E-state index contributed by atoms with van der Waals surface area (Å²) in [6.07, 6.45) is 5.21. The van der Waals surface area contributed by atoms with Gasteiger partial charge in [0.15, 0.2) is 0 Å². The lowest BCUT2D eigenvalue weighted by atomic mass is 10.2. The third kappa shape index (κ3) is 2.02. The van der Waals surface area contributed by atoms with Crippen molar-refractivity contribution in [1.29, 1.82) is 0 Å². The monoisotopic (exact) mass is 303 g/mol. The van der Waals surface area contributed by atoms with Crippen LogP contribution in [0.15, 0.2) is 41.3 Å². The third-order valence-electron chi connectivity index (χ3n) is 2.59. The van der Waals surface area contributed by atoms with E-state index in [1.54, 1.807) is 18.6 Å². The van der Waals surface area contributed by atoms with Crippen LogP contribution in [0, 0.1) is 0 Å². The van der Waals surface area contributed by atoms with Gasteiger partial charge >= 0.3 is 0 Å². The van der Waals surface area contributed by atoms with Crippen LogP contribution in [0.2, 0.25) is 0 Å². The summed E-state index contributed by atoms with van der Waals surface area (Å²) >= 11 is 3.38. The molecule has 0 amide bonds. The number of rotatable bonds is 2. The zero-order chi connectivity index (χ0) is 12.5. The Morgan fingerprint density at radius 3 is 2.89 bits per heavy atom. The van der Waals surface area contributed by atoms with Gasteiger partial charge in [0.25, 0.3) is 0 Å². The molecule has 3 aromatic rings. The molecule has 0 bridgehead atoms. The molecule has 18 heavy (non-hydrogen) atoms. The molecule has 6 heteroatoms. The van der Waals surface area contributed by atoms with Crippen LogP contribution in [0.3, 0.4) is 0 Å². The minimum atomic E-state index is 0.670. The highest BCUT2D eigenvalue weighted by molar-refractivity contribution is 9.10. The van der Waals surface area contributed by atoms with Gasteiger partial charge in [-0.05, 0) is 34.1 Å². The predicted octanol–water partition coefficient (Wildman–Crippen LogP) is 3.05. The van der Waals surface area contributed by atoms with E-state index in [0.717, 1.165) is 26.8 Å². The molecular formula is C12H10BrN5. The quantitative estimate of drug-likeness (QED) is 0.636. The number of nitrogen functional groups attached to an aromatic ring is 1. The van der Waals surface area contributed by atoms with Crippen molar-refractivity contribution in [3.05, 3.63) is 41.3 Å². The van der Waals surface area contributed by atoms with E-state index < -0.39 is 0 Å². The largest absolute Gasteiger partial charge is 0.397 e. The van der Waals surface area contributed by atoms with Crippen LogP contribution in [0.1, 0.15) is 0 Å². The maximum Gasteiger partial charge on any atom is 0.0672 e. The number of nitrogens with zero attached hydrogens (tertiary/aromatic N) is 2. The Hall–Kier alpha value is -2.08. The normalized spacial score (nSPS) is 10.7. The molecule has 0 aliphatic heterocycles. The summed E-state index contributed by atoms with van der Waals surface area (Å²) in [5.74, 6) is 0. The van der Waals surface area contributed by atoms with E-state index in [2.05, 4.69) is 36.4 Å². The lowest BCUT2D eigenvalue weighted by Crippen LogP contribution is -1.96. The third-order valence-corrected chi connectivity index (χ3v) is 3.03. The van der Waals surface area contributed by atoms with Crippen LogP contribution in [0.25, 0.3) is 10.9 Å². The highest BCUT2D eigenvalue weighted by Gasteiger charge is 2.04. The maximum absolute atomic E-state index is 6.00. The number of H-pyrrole nitrogens is 1. The van der Waals surface area contributed by atoms with Crippen molar-refractivity contribution in [3.8, 4) is 0 Å². The number of hydrogen-bond donors (Lipinski definition) is 3. The van der Waals surface area contributed by atoms with Crippen LogP contribution in [-0.2, 0) is 0 Å². The predicted molar refractivity (Wildman–Crippen MR) is 75.7 cm³/mol. The minimum absolute atomic E-state index is 0.670. The number of fused-ring (bicyclic) bond motifs is 1. The number of anilines is 3. The molecule has 0 aliphatic carbocycles. The molecule has 0 radical (unpaired) electrons. The molecule has 0 saturated heterocycles. The van der Waals surface area contributed by atoms with Gasteiger partial charge in [-0.2, -0.15) is 5.10 Å². The smallest absolute Gasteiger partial charge is 0.0672 e. The lowest BCUT2D eigenvalue weighted by molar-refractivity contribution is 1.12. The van der Waals surface area contributed by atoms with Crippen LogP contribution in [0.4, 0.5) is 17.1 Å². The molecule has 2 heterocycles. The Balaban J connectivity index is 2.01. The van der Waals surface area contributed by atoms with Crippen molar-refractivity contribution in [3.63, 3.8) is 0 Å². The van der Waals surface area contributed by atoms with Gasteiger partial charge in [-0.3, -0.25) is 10.1 Å². The van der Waals surface area contributed by atoms with Gasteiger partial charge in [-0.1, -0.05) is 0 Å². The van der Waals surface area contributed by atoms with Gasteiger partial charge < -0.3 is 11.1 Å². The van der Waals surface area contributed by atoms with E-state index in [4.69, 9.17) is 5.73 Å². The molecule has 0 fully saturated rings. The number of aromatic amines is 1. The molecule has 2 aromatic heterocycles. The fourth-order valence-electron chi connectivity index (χ4n) is 1.75. The molecule has 0 aliphatic rings. The average molecular weight is 304 g/mol. The van der Waals surface area contributed by atoms with Crippen molar-refractivity contribution < 1.29 is 0 Å². The van der Waals surface area contributed by atoms with Crippen LogP contribution >= 0.6 is 15.9 Å². The topological polar surface area (TPSA) is 79.6 Å². The number of nitrogens with two attached hydrogens (primary N) is 1. The van der Waals surface area contributed by atoms with Crippen molar-refractivity contribution in [1.82, 2.24) is 15.2 Å². The zero-order valence-corrected chi connectivity index (χ0v) is 10.9. The van der Waals surface area contributed by atoms with E-state index >= 15 is 0 Å². The van der Waals surface area contributed by atoms with Crippen LogP contribution in [-0.4, -0.2) is 15.2 Å². The summed E-state index contributed by atoms with van der Waals surface area (Å²) in [5.41, 5.74) is 9.30. The van der Waals surface area contributed by atoms with Gasteiger partial charge in [-0.15, -0.1) is 0 Å². The molecule has 1 aromatic carbocycles. The number of halogens is 1. The highest BCUT2D eigenvalue weighted by Crippen LogP contribution is 2.28. The second-order valence-corrected chi connectivity index (χ2v) is 4.83. The summed E-state index contributed by atoms with van der Waals surface area (Å²) in [6.45, 7) is 0. The Morgan fingerprint density at radius 2 is 2.06 bits per heavy atom. The number of hydrogen-bond acceptors (Lipinski definition) is 4. The molecular weight excluding hydrogens is 294 g/mol. The molecule has 0 spiro atoms. The minimum Gasteiger partial charge on any atom is -0.397 e. The number of nitrogens with one attached hydrogen (secondary N) is 2. The maximum atomic E-state index is 6.00. The number of aromatic nitrogens is 3. The molecule has 3 rings (SSSR count). The summed E-state index contributed by atoms with van der Waals surface area (Å²) in [7, 11) is 0. The Labute approximate surface area is 112 Å². The van der Waals surface area contributed by atoms with Gasteiger partial charge in [-0.25, -0.2) is 0 Å². The number of pyridine rings is 1. The second-order valence-electron chi connectivity index (χ2n) is 3.91. The van der Waals surface area contributed by atoms with Crippen molar-refractivity contribution in [2.75, 3.05) is 11.1 Å². The van der Waals surface area contributed by atoms with Gasteiger partial charge in [0.05, 0.1) is 35.0 Å². The SMILES string of the molecule is Nc1cc2cn[nH]c2cc1Nc1cncc(Br)c1. The molecule has 0 atom stereocenters. The van der Waals surface area contributed by atoms with Crippen molar-refractivity contribution in [2.24, 2.45) is 0 Å². The zero-order valence-electron chi connectivity index (χ0n) is 9.31. The number of benzene rings is 1. The Bertz CT molecular complexity index is 707. The van der Waals surface area contributed by atoms with E-state index in [9.17, 15) is 0 Å². The lowest BCUT2D eigenvalue weighted by Gasteiger charge is -2.09. The van der Waals surface area contributed by atoms with Gasteiger partial charge in [0, 0.05) is 16.1 Å². The summed E-state index contributed by atoms with van der Waals surface area (Å²) in [6, 6.07) is 5.74. The standard InChI is InChI=1S/C12H10BrN5/c13-8-2-9(6-15-5-8)17-12-3-11-7(1-10(12)14)4-16-18-11/h1-6,17H,14H2,(H,16,18). The fourth-order valence-corrected chi connectivity index (χ4v) is 2.12. The first-order valence-electron chi connectivity index (χ1n) is 5.32. The molecule has 4 N–H and O–H groups in total. The first-order chi connectivity index (χ1) is 8.72. The van der Waals surface area contributed by atoms with E-state index in [0.29, 0.717) is 5.69 Å². The Kier molecular flexibility index (Phi) is 2.64. The first-order valence-corrected chi connectivity index (χ1v) is 6.12. The van der Waals surface area contributed by atoms with Crippen LogP contribution in [0.5, 0.6) is 0 Å². The Morgan fingerprint density at radius 1 is 1.17 bits per heavy atom. The fraction of sp³-hybridized carbons (Fsp3) is 0. The molecule has 90 valence electrons. The van der Waals surface area contributed by atoms with E-state index in [1.807, 2.05) is 18.2 Å². The molecule has 5 nitrogen and oxygen atoms in total. The first kappa shape index (κ1) is 11.0. The van der Waals surface area contributed by atoms with Crippen molar-refractivity contribution in [2.45, 2.75) is 0 Å². The summed E-state index contributed by atoms with van der Waals surface area (Å²) < 4.78 is 0.911. The summed E-state index contributed by atoms with van der Waals surface area (Å²) in [5, 5.41) is 11.1. The van der Waals surface area contributed by atoms with Crippen LogP contribution < -0.4 is 11.1 Å². The second kappa shape index (κ2) is 4.30. The van der Waals surface area contributed by atoms with Crippen molar-refractivity contribution >= 4 is 43.9 Å². The summed E-state index contributed by atoms with van der Waals surface area (Å²) in [4.78, 5) is 4.09. The van der Waals surface area contributed by atoms with E-state index in [1.165, 1.54) is 0 Å². The molecule has 0 unspecified atom stereocenters. The average Bonchev–Trinajstić information content (AvgIpc) is 2.76. The highest BCUT2D eigenvalue weighted by atomic mass is 79.9. The van der Waals surface area contributed by atoms with E-state index in [-0.39, 0.29) is 0 Å².